The second-order valence-corrected chi connectivity index (χ2v) is 8.02. The van der Waals surface area contributed by atoms with E-state index in [0.29, 0.717) is 18.6 Å². The second kappa shape index (κ2) is 8.74. The first-order valence-corrected chi connectivity index (χ1v) is 10.3. The number of carbonyl (C=O) groups is 1. The molecule has 0 unspecified atom stereocenters. The molecular weight excluding hydrogens is 353 g/mol. The van der Waals surface area contributed by atoms with E-state index >= 15 is 0 Å². The topological polar surface area (TPSA) is 44.4 Å². The van der Waals surface area contributed by atoms with Crippen LogP contribution in [0.4, 0.5) is 9.18 Å². The summed E-state index contributed by atoms with van der Waals surface area (Å²) in [7, 11) is 0. The molecule has 148 valence electrons. The monoisotopic (exact) mass is 381 g/mol. The van der Waals surface area contributed by atoms with Gasteiger partial charge in [0.1, 0.15) is 5.82 Å². The molecule has 2 saturated heterocycles. The average molecular weight is 381 g/mol. The number of hydrogen-bond acceptors (Lipinski definition) is 2. The van der Waals surface area contributed by atoms with E-state index in [-0.39, 0.29) is 17.9 Å². The fourth-order valence-electron chi connectivity index (χ4n) is 4.67. The van der Waals surface area contributed by atoms with Crippen LogP contribution in [-0.2, 0) is 13.1 Å². The van der Waals surface area contributed by atoms with Gasteiger partial charge in [-0.05, 0) is 48.9 Å². The van der Waals surface area contributed by atoms with Gasteiger partial charge in [-0.15, -0.1) is 0 Å². The molecule has 2 aromatic rings. The molecule has 2 heterocycles. The standard InChI is InChI=1S/C23H28FN3O/c24-19-11-9-18(10-12-19)16-27-21-7-4-8-22(27)14-20(13-21)26-23(28)25-15-17-5-2-1-3-6-17/h1-3,5-6,9-12,20-22H,4,7-8,13-16H2,(H2,25,26,28)/t21-,22-/m1/s1. The number of halogens is 1. The number of fused-ring (bicyclic) bond motifs is 2. The number of hydrogen-bond donors (Lipinski definition) is 2. The summed E-state index contributed by atoms with van der Waals surface area (Å²) in [6.07, 6.45) is 5.55. The van der Waals surface area contributed by atoms with Crippen LogP contribution in [-0.4, -0.2) is 29.1 Å². The smallest absolute Gasteiger partial charge is 0.315 e. The van der Waals surface area contributed by atoms with Crippen molar-refractivity contribution in [3.05, 3.63) is 71.5 Å². The molecule has 4 rings (SSSR count). The average Bonchev–Trinajstić information content (AvgIpc) is 2.69. The van der Waals surface area contributed by atoms with Gasteiger partial charge in [0.25, 0.3) is 0 Å². The third-order valence-corrected chi connectivity index (χ3v) is 6.04. The Kier molecular flexibility index (Phi) is 5.91. The number of benzene rings is 2. The van der Waals surface area contributed by atoms with Crippen molar-refractivity contribution >= 4 is 6.03 Å². The molecule has 0 aromatic heterocycles. The number of carbonyl (C=O) groups excluding carboxylic acids is 1. The van der Waals surface area contributed by atoms with Gasteiger partial charge >= 0.3 is 6.03 Å². The zero-order valence-electron chi connectivity index (χ0n) is 16.1. The first-order valence-electron chi connectivity index (χ1n) is 10.3. The van der Waals surface area contributed by atoms with E-state index in [9.17, 15) is 9.18 Å². The molecular formula is C23H28FN3O. The predicted molar refractivity (Wildman–Crippen MR) is 108 cm³/mol. The Hall–Kier alpha value is -2.40. The number of urea groups is 1. The van der Waals surface area contributed by atoms with Crippen LogP contribution in [0.1, 0.15) is 43.2 Å². The van der Waals surface area contributed by atoms with Crippen molar-refractivity contribution in [1.82, 2.24) is 15.5 Å². The van der Waals surface area contributed by atoms with Gasteiger partial charge in [-0.25, -0.2) is 9.18 Å². The van der Waals surface area contributed by atoms with Gasteiger partial charge in [-0.2, -0.15) is 0 Å². The maximum Gasteiger partial charge on any atom is 0.315 e. The third-order valence-electron chi connectivity index (χ3n) is 6.04. The molecule has 2 fully saturated rings. The van der Waals surface area contributed by atoms with Gasteiger partial charge in [-0.1, -0.05) is 48.9 Å². The molecule has 4 nitrogen and oxygen atoms in total. The van der Waals surface area contributed by atoms with Crippen LogP contribution in [0.3, 0.4) is 0 Å². The molecule has 2 N–H and O–H groups in total. The van der Waals surface area contributed by atoms with Crippen LogP contribution in [0.15, 0.2) is 54.6 Å². The summed E-state index contributed by atoms with van der Waals surface area (Å²) in [5.41, 5.74) is 2.26. The molecule has 0 saturated carbocycles. The minimum absolute atomic E-state index is 0.0843. The fourth-order valence-corrected chi connectivity index (χ4v) is 4.67. The lowest BCUT2D eigenvalue weighted by Gasteiger charge is -2.49. The Bertz CT molecular complexity index is 766. The highest BCUT2D eigenvalue weighted by Gasteiger charge is 2.38. The summed E-state index contributed by atoms with van der Waals surface area (Å²) in [6, 6.07) is 17.9. The molecule has 5 heteroatoms. The summed E-state index contributed by atoms with van der Waals surface area (Å²) < 4.78 is 13.2. The van der Waals surface area contributed by atoms with Crippen molar-refractivity contribution in [1.29, 1.82) is 0 Å². The van der Waals surface area contributed by atoms with E-state index < -0.39 is 0 Å². The van der Waals surface area contributed by atoms with E-state index in [0.717, 1.165) is 30.5 Å². The van der Waals surface area contributed by atoms with E-state index in [4.69, 9.17) is 0 Å². The summed E-state index contributed by atoms with van der Waals surface area (Å²) in [4.78, 5) is 14.9. The van der Waals surface area contributed by atoms with E-state index in [1.165, 1.54) is 31.4 Å². The number of nitrogens with zero attached hydrogens (tertiary/aromatic N) is 1. The van der Waals surface area contributed by atoms with Crippen molar-refractivity contribution < 1.29 is 9.18 Å². The molecule has 2 aromatic carbocycles. The van der Waals surface area contributed by atoms with Crippen molar-refractivity contribution in [2.45, 2.75) is 63.3 Å². The summed E-state index contributed by atoms with van der Waals surface area (Å²) in [5.74, 6) is -0.187. The Morgan fingerprint density at radius 1 is 0.964 bits per heavy atom. The summed E-state index contributed by atoms with van der Waals surface area (Å²) in [5, 5.41) is 6.15. The maximum absolute atomic E-state index is 13.2. The molecule has 0 aliphatic carbocycles. The number of piperidine rings is 2. The maximum atomic E-state index is 13.2. The lowest BCUT2D eigenvalue weighted by molar-refractivity contribution is 0.0197. The van der Waals surface area contributed by atoms with Gasteiger partial charge in [0.2, 0.25) is 0 Å². The second-order valence-electron chi connectivity index (χ2n) is 8.02. The first-order chi connectivity index (χ1) is 13.7. The fraction of sp³-hybridized carbons (Fsp3) is 0.435. The number of rotatable bonds is 5. The van der Waals surface area contributed by atoms with Crippen molar-refractivity contribution in [2.75, 3.05) is 0 Å². The molecule has 2 amide bonds. The molecule has 2 aliphatic rings. The van der Waals surface area contributed by atoms with Crippen molar-refractivity contribution in [3.8, 4) is 0 Å². The molecule has 28 heavy (non-hydrogen) atoms. The Morgan fingerprint density at radius 3 is 2.32 bits per heavy atom. The Labute approximate surface area is 166 Å². The predicted octanol–water partition coefficient (Wildman–Crippen LogP) is 4.21. The van der Waals surface area contributed by atoms with E-state index in [2.05, 4.69) is 15.5 Å². The molecule has 2 bridgehead atoms. The number of amides is 2. The van der Waals surface area contributed by atoms with Gasteiger partial charge in [0, 0.05) is 31.2 Å². The lowest BCUT2D eigenvalue weighted by Crippen LogP contribution is -2.57. The van der Waals surface area contributed by atoms with Crippen LogP contribution < -0.4 is 10.6 Å². The van der Waals surface area contributed by atoms with Crippen LogP contribution in [0, 0.1) is 5.82 Å². The van der Waals surface area contributed by atoms with Gasteiger partial charge in [0.15, 0.2) is 0 Å². The SMILES string of the molecule is O=C(NCc1ccccc1)NC1C[C@H]2CCC[C@H](C1)N2Cc1ccc(F)cc1. The Balaban J connectivity index is 1.31. The van der Waals surface area contributed by atoms with Gasteiger partial charge in [0.05, 0.1) is 0 Å². The van der Waals surface area contributed by atoms with E-state index in [1.54, 1.807) is 0 Å². The van der Waals surface area contributed by atoms with E-state index in [1.807, 2.05) is 42.5 Å². The normalized spacial score (nSPS) is 24.5. The van der Waals surface area contributed by atoms with Crippen LogP contribution in [0.25, 0.3) is 0 Å². The van der Waals surface area contributed by atoms with Crippen molar-refractivity contribution in [3.63, 3.8) is 0 Å². The Morgan fingerprint density at radius 2 is 1.64 bits per heavy atom. The zero-order valence-corrected chi connectivity index (χ0v) is 16.1. The quantitative estimate of drug-likeness (QED) is 0.815. The van der Waals surface area contributed by atoms with Crippen LogP contribution in [0.5, 0.6) is 0 Å². The molecule has 0 radical (unpaired) electrons. The molecule has 0 spiro atoms. The van der Waals surface area contributed by atoms with Gasteiger partial charge < -0.3 is 10.6 Å². The zero-order chi connectivity index (χ0) is 19.3. The highest BCUT2D eigenvalue weighted by molar-refractivity contribution is 5.74. The molecule has 2 aliphatic heterocycles. The summed E-state index contributed by atoms with van der Waals surface area (Å²) >= 11 is 0. The van der Waals surface area contributed by atoms with Crippen molar-refractivity contribution in [2.24, 2.45) is 0 Å². The first kappa shape index (κ1) is 18.9. The van der Waals surface area contributed by atoms with Crippen LogP contribution >= 0.6 is 0 Å². The lowest BCUT2D eigenvalue weighted by atomic mass is 9.81. The highest BCUT2D eigenvalue weighted by atomic mass is 19.1. The molecule has 2 atom stereocenters. The minimum atomic E-state index is -0.187. The largest absolute Gasteiger partial charge is 0.335 e. The third kappa shape index (κ3) is 4.71. The summed E-state index contributed by atoms with van der Waals surface area (Å²) in [6.45, 7) is 1.41. The highest BCUT2D eigenvalue weighted by Crippen LogP contribution is 2.35. The minimum Gasteiger partial charge on any atom is -0.335 e. The number of nitrogens with one attached hydrogen (secondary N) is 2. The van der Waals surface area contributed by atoms with Crippen LogP contribution in [0.2, 0.25) is 0 Å². The van der Waals surface area contributed by atoms with Gasteiger partial charge in [-0.3, -0.25) is 4.90 Å².